The standard InChI is InChI=1S/C22H37N5O2.HI/c1-4-23-22(24-15-19-7-5-9-25(17-19)16-18(2)3)27-12-10-26(11-13-27)21(28)20-8-6-14-29-20;/h6,8,14,18-19H,4-5,7,9-13,15-17H2,1-3H3,(H,23,24);1H. The van der Waals surface area contributed by atoms with E-state index < -0.39 is 0 Å². The summed E-state index contributed by atoms with van der Waals surface area (Å²) >= 11 is 0. The van der Waals surface area contributed by atoms with E-state index in [1.54, 1.807) is 18.4 Å². The lowest BCUT2D eigenvalue weighted by atomic mass is 9.97. The molecule has 2 aliphatic rings. The molecule has 3 heterocycles. The van der Waals surface area contributed by atoms with Crippen molar-refractivity contribution >= 4 is 35.8 Å². The first kappa shape index (κ1) is 25.0. The minimum absolute atomic E-state index is 0. The van der Waals surface area contributed by atoms with Gasteiger partial charge in [-0.2, -0.15) is 0 Å². The van der Waals surface area contributed by atoms with Crippen LogP contribution in [0.2, 0.25) is 0 Å². The first-order chi connectivity index (χ1) is 14.1. The third-order valence-electron chi connectivity index (χ3n) is 5.66. The molecule has 1 unspecified atom stereocenters. The third-order valence-corrected chi connectivity index (χ3v) is 5.66. The summed E-state index contributed by atoms with van der Waals surface area (Å²) < 4.78 is 5.25. The average molecular weight is 531 g/mol. The molecule has 7 nitrogen and oxygen atoms in total. The molecule has 1 atom stereocenters. The molecule has 8 heteroatoms. The summed E-state index contributed by atoms with van der Waals surface area (Å²) in [4.78, 5) is 24.2. The lowest BCUT2D eigenvalue weighted by Gasteiger charge is -2.37. The number of nitrogens with one attached hydrogen (secondary N) is 1. The van der Waals surface area contributed by atoms with E-state index in [-0.39, 0.29) is 29.9 Å². The van der Waals surface area contributed by atoms with Gasteiger partial charge >= 0.3 is 0 Å². The van der Waals surface area contributed by atoms with Crippen LogP contribution < -0.4 is 5.32 Å². The lowest BCUT2D eigenvalue weighted by Crippen LogP contribution is -2.54. The number of aliphatic imine (C=N–C) groups is 1. The van der Waals surface area contributed by atoms with Gasteiger partial charge in [0.25, 0.3) is 5.91 Å². The minimum atomic E-state index is -0.0240. The highest BCUT2D eigenvalue weighted by Gasteiger charge is 2.26. The van der Waals surface area contributed by atoms with Gasteiger partial charge in [0.05, 0.1) is 6.26 Å². The number of carbonyl (C=O) groups excluding carboxylic acids is 1. The van der Waals surface area contributed by atoms with Gasteiger partial charge in [-0.3, -0.25) is 9.79 Å². The maximum absolute atomic E-state index is 12.5. The van der Waals surface area contributed by atoms with Crippen molar-refractivity contribution in [1.82, 2.24) is 20.0 Å². The first-order valence-electron chi connectivity index (χ1n) is 11.1. The Balaban J connectivity index is 0.00000320. The van der Waals surface area contributed by atoms with E-state index >= 15 is 0 Å². The van der Waals surface area contributed by atoms with Gasteiger partial charge in [0.2, 0.25) is 0 Å². The van der Waals surface area contributed by atoms with Gasteiger partial charge in [-0.05, 0) is 50.3 Å². The summed E-state index contributed by atoms with van der Waals surface area (Å²) in [6, 6.07) is 3.49. The molecule has 1 aromatic rings. The van der Waals surface area contributed by atoms with Crippen molar-refractivity contribution in [3.05, 3.63) is 24.2 Å². The van der Waals surface area contributed by atoms with Crippen molar-refractivity contribution in [3.8, 4) is 0 Å². The Morgan fingerprint density at radius 3 is 2.60 bits per heavy atom. The summed E-state index contributed by atoms with van der Waals surface area (Å²) in [5.74, 6) is 2.73. The van der Waals surface area contributed by atoms with Crippen LogP contribution in [0.25, 0.3) is 0 Å². The normalized spacial score (nSPS) is 20.9. The largest absolute Gasteiger partial charge is 0.459 e. The smallest absolute Gasteiger partial charge is 0.289 e. The number of halogens is 1. The van der Waals surface area contributed by atoms with Gasteiger partial charge in [0.1, 0.15) is 0 Å². The molecule has 0 saturated carbocycles. The van der Waals surface area contributed by atoms with Crippen LogP contribution in [-0.2, 0) is 0 Å². The van der Waals surface area contributed by atoms with Gasteiger partial charge < -0.3 is 24.4 Å². The van der Waals surface area contributed by atoms with Gasteiger partial charge in [0.15, 0.2) is 11.7 Å². The van der Waals surface area contributed by atoms with Crippen LogP contribution in [0.1, 0.15) is 44.2 Å². The monoisotopic (exact) mass is 531 g/mol. The number of carbonyl (C=O) groups is 1. The average Bonchev–Trinajstić information content (AvgIpc) is 3.25. The molecule has 0 aromatic carbocycles. The molecule has 30 heavy (non-hydrogen) atoms. The summed E-state index contributed by atoms with van der Waals surface area (Å²) in [6.07, 6.45) is 4.09. The van der Waals surface area contributed by atoms with Crippen molar-refractivity contribution in [2.24, 2.45) is 16.8 Å². The molecule has 2 aliphatic heterocycles. The molecule has 1 amide bonds. The molecular weight excluding hydrogens is 493 g/mol. The van der Waals surface area contributed by atoms with E-state index in [0.29, 0.717) is 24.8 Å². The number of amides is 1. The molecule has 0 bridgehead atoms. The SMILES string of the molecule is CCNC(=NCC1CCCN(CC(C)C)C1)N1CCN(C(=O)c2ccco2)CC1.I. The highest BCUT2D eigenvalue weighted by Crippen LogP contribution is 2.18. The Hall–Kier alpha value is -1.29. The fraction of sp³-hybridized carbons (Fsp3) is 0.727. The number of nitrogens with zero attached hydrogens (tertiary/aromatic N) is 4. The maximum Gasteiger partial charge on any atom is 0.289 e. The summed E-state index contributed by atoms with van der Waals surface area (Å²) in [6.45, 7) is 15.0. The summed E-state index contributed by atoms with van der Waals surface area (Å²) in [7, 11) is 0. The topological polar surface area (TPSA) is 64.3 Å². The van der Waals surface area contributed by atoms with E-state index in [1.165, 1.54) is 25.9 Å². The van der Waals surface area contributed by atoms with Crippen LogP contribution in [0, 0.1) is 11.8 Å². The van der Waals surface area contributed by atoms with Crippen molar-refractivity contribution in [1.29, 1.82) is 0 Å². The van der Waals surface area contributed by atoms with Crippen LogP contribution in [-0.4, -0.2) is 85.5 Å². The number of hydrogen-bond donors (Lipinski definition) is 1. The van der Waals surface area contributed by atoms with Gasteiger partial charge in [0, 0.05) is 52.4 Å². The molecule has 0 radical (unpaired) electrons. The quantitative estimate of drug-likeness (QED) is 0.348. The van der Waals surface area contributed by atoms with Crippen molar-refractivity contribution < 1.29 is 9.21 Å². The highest BCUT2D eigenvalue weighted by molar-refractivity contribution is 14.0. The van der Waals surface area contributed by atoms with Crippen molar-refractivity contribution in [3.63, 3.8) is 0 Å². The molecule has 0 aliphatic carbocycles. The molecule has 0 spiro atoms. The molecule has 170 valence electrons. The fourth-order valence-corrected chi connectivity index (χ4v) is 4.30. The van der Waals surface area contributed by atoms with E-state index in [4.69, 9.17) is 9.41 Å². The number of furan rings is 1. The van der Waals surface area contributed by atoms with E-state index in [1.807, 2.05) is 4.90 Å². The molecule has 3 rings (SSSR count). The molecule has 1 N–H and O–H groups in total. The molecule has 2 saturated heterocycles. The van der Waals surface area contributed by atoms with E-state index in [2.05, 4.69) is 35.9 Å². The van der Waals surface area contributed by atoms with E-state index in [0.717, 1.165) is 44.6 Å². The predicted molar refractivity (Wildman–Crippen MR) is 132 cm³/mol. The zero-order chi connectivity index (χ0) is 20.6. The number of rotatable bonds is 6. The van der Waals surface area contributed by atoms with Gasteiger partial charge in [-0.25, -0.2) is 0 Å². The van der Waals surface area contributed by atoms with Crippen LogP contribution in [0.3, 0.4) is 0 Å². The molecular formula is C22H38IN5O2. The van der Waals surface area contributed by atoms with Crippen LogP contribution in [0.5, 0.6) is 0 Å². The second kappa shape index (κ2) is 12.5. The Morgan fingerprint density at radius 1 is 1.23 bits per heavy atom. The Morgan fingerprint density at radius 2 is 1.97 bits per heavy atom. The fourth-order valence-electron chi connectivity index (χ4n) is 4.30. The van der Waals surface area contributed by atoms with Crippen molar-refractivity contribution in [2.45, 2.75) is 33.6 Å². The van der Waals surface area contributed by atoms with Crippen LogP contribution >= 0.6 is 24.0 Å². The maximum atomic E-state index is 12.5. The van der Waals surface area contributed by atoms with Crippen LogP contribution in [0.4, 0.5) is 0 Å². The highest BCUT2D eigenvalue weighted by atomic mass is 127. The van der Waals surface area contributed by atoms with Gasteiger partial charge in [-0.1, -0.05) is 13.8 Å². The number of piperazine rings is 1. The number of guanidine groups is 1. The lowest BCUT2D eigenvalue weighted by molar-refractivity contribution is 0.0657. The Labute approximate surface area is 198 Å². The van der Waals surface area contributed by atoms with E-state index in [9.17, 15) is 4.79 Å². The summed E-state index contributed by atoms with van der Waals surface area (Å²) in [5.41, 5.74) is 0. The Bertz CT molecular complexity index is 656. The predicted octanol–water partition coefficient (Wildman–Crippen LogP) is 2.99. The van der Waals surface area contributed by atoms with Gasteiger partial charge in [-0.15, -0.1) is 24.0 Å². The number of hydrogen-bond acceptors (Lipinski definition) is 4. The number of piperidine rings is 1. The first-order valence-corrected chi connectivity index (χ1v) is 11.1. The second-order valence-corrected chi connectivity index (χ2v) is 8.61. The molecule has 2 fully saturated rings. The summed E-state index contributed by atoms with van der Waals surface area (Å²) in [5, 5.41) is 3.45. The number of likely N-dealkylation sites (tertiary alicyclic amines) is 1. The zero-order valence-electron chi connectivity index (χ0n) is 18.7. The minimum Gasteiger partial charge on any atom is -0.459 e. The Kier molecular flexibility index (Phi) is 10.4. The zero-order valence-corrected chi connectivity index (χ0v) is 21.0. The second-order valence-electron chi connectivity index (χ2n) is 8.61. The van der Waals surface area contributed by atoms with Crippen LogP contribution in [0.15, 0.2) is 27.8 Å². The van der Waals surface area contributed by atoms with Crippen molar-refractivity contribution in [2.75, 3.05) is 58.9 Å². The molecule has 1 aromatic heterocycles. The third kappa shape index (κ3) is 7.14.